The summed E-state index contributed by atoms with van der Waals surface area (Å²) in [6, 6.07) is 17.8. The number of benzene rings is 2. The van der Waals surface area contributed by atoms with Gasteiger partial charge in [-0.3, -0.25) is 5.43 Å². The number of hydrogen-bond acceptors (Lipinski definition) is 5. The maximum absolute atomic E-state index is 6.21. The number of halogens is 1. The first-order valence-corrected chi connectivity index (χ1v) is 7.82. The molecule has 4 rings (SSSR count). The van der Waals surface area contributed by atoms with E-state index in [9.17, 15) is 0 Å². The van der Waals surface area contributed by atoms with E-state index in [4.69, 9.17) is 16.1 Å². The Morgan fingerprint density at radius 3 is 2.65 bits per heavy atom. The van der Waals surface area contributed by atoms with Crippen molar-refractivity contribution in [2.24, 2.45) is 0 Å². The molecule has 0 amide bonds. The molecule has 0 radical (unpaired) electrons. The summed E-state index contributed by atoms with van der Waals surface area (Å²) in [7, 11) is 0. The Balaban J connectivity index is 1.65. The highest BCUT2D eigenvalue weighted by atomic mass is 35.5. The molecule has 1 aliphatic heterocycles. The van der Waals surface area contributed by atoms with E-state index in [1.54, 1.807) is 0 Å². The fourth-order valence-corrected chi connectivity index (χ4v) is 3.06. The van der Waals surface area contributed by atoms with Crippen LogP contribution in [0.25, 0.3) is 11.4 Å². The van der Waals surface area contributed by atoms with E-state index in [0.29, 0.717) is 16.7 Å². The second-order valence-electron chi connectivity index (χ2n) is 5.46. The first-order chi connectivity index (χ1) is 11.3. The average Bonchev–Trinajstić information content (AvgIpc) is 3.25. The Bertz CT molecular complexity index is 805. The van der Waals surface area contributed by atoms with Crippen LogP contribution in [-0.2, 0) is 0 Å². The second-order valence-corrected chi connectivity index (χ2v) is 5.86. The zero-order valence-electron chi connectivity index (χ0n) is 12.2. The molecular formula is C17H15ClN4O. The molecule has 2 aromatic carbocycles. The molecule has 116 valence electrons. The van der Waals surface area contributed by atoms with E-state index in [1.807, 2.05) is 42.5 Å². The molecule has 2 unspecified atom stereocenters. The van der Waals surface area contributed by atoms with Gasteiger partial charge in [0.2, 0.25) is 11.7 Å². The number of hydrogen-bond donors (Lipinski definition) is 2. The predicted octanol–water partition coefficient (Wildman–Crippen LogP) is 3.32. The summed E-state index contributed by atoms with van der Waals surface area (Å²) in [4.78, 5) is 4.56. The quantitative estimate of drug-likeness (QED) is 0.773. The first-order valence-electron chi connectivity index (χ1n) is 7.45. The monoisotopic (exact) mass is 326 g/mol. The van der Waals surface area contributed by atoms with Crippen LogP contribution >= 0.6 is 11.6 Å². The lowest BCUT2D eigenvalue weighted by Crippen LogP contribution is -2.24. The van der Waals surface area contributed by atoms with E-state index in [0.717, 1.165) is 12.1 Å². The molecule has 0 spiro atoms. The molecule has 0 aliphatic carbocycles. The van der Waals surface area contributed by atoms with Gasteiger partial charge in [-0.15, -0.1) is 0 Å². The topological polar surface area (TPSA) is 63.0 Å². The van der Waals surface area contributed by atoms with Gasteiger partial charge in [0.1, 0.15) is 0 Å². The van der Waals surface area contributed by atoms with Crippen molar-refractivity contribution < 1.29 is 4.52 Å². The summed E-state index contributed by atoms with van der Waals surface area (Å²) < 4.78 is 5.51. The molecule has 5 nitrogen and oxygen atoms in total. The molecule has 2 heterocycles. The Hall–Kier alpha value is -2.21. The van der Waals surface area contributed by atoms with Gasteiger partial charge in [-0.25, -0.2) is 5.43 Å². The van der Waals surface area contributed by atoms with Gasteiger partial charge >= 0.3 is 0 Å². The van der Waals surface area contributed by atoms with Crippen molar-refractivity contribution in [1.29, 1.82) is 0 Å². The van der Waals surface area contributed by atoms with Gasteiger partial charge in [0.15, 0.2) is 0 Å². The largest absolute Gasteiger partial charge is 0.339 e. The minimum absolute atomic E-state index is 0.0705. The van der Waals surface area contributed by atoms with Gasteiger partial charge in [0, 0.05) is 12.1 Å². The minimum Gasteiger partial charge on any atom is -0.339 e. The highest BCUT2D eigenvalue weighted by Gasteiger charge is 2.34. The summed E-state index contributed by atoms with van der Waals surface area (Å²) in [5.41, 5.74) is 8.41. The zero-order valence-corrected chi connectivity index (χ0v) is 13.0. The molecule has 2 atom stereocenters. The summed E-state index contributed by atoms with van der Waals surface area (Å²) >= 11 is 6.21. The fourth-order valence-electron chi connectivity index (χ4n) is 2.84. The van der Waals surface area contributed by atoms with Gasteiger partial charge in [-0.2, -0.15) is 4.98 Å². The highest BCUT2D eigenvalue weighted by Crippen LogP contribution is 2.34. The predicted molar refractivity (Wildman–Crippen MR) is 87.8 cm³/mol. The summed E-state index contributed by atoms with van der Waals surface area (Å²) in [5, 5.41) is 4.71. The Morgan fingerprint density at radius 2 is 1.83 bits per heavy atom. The second kappa shape index (κ2) is 6.12. The Labute approximate surface area is 138 Å². The van der Waals surface area contributed by atoms with Crippen molar-refractivity contribution in [3.63, 3.8) is 0 Å². The summed E-state index contributed by atoms with van der Waals surface area (Å²) in [6.45, 7) is 0.726. The minimum atomic E-state index is 0.0705. The van der Waals surface area contributed by atoms with Gasteiger partial charge in [-0.05, 0) is 17.7 Å². The lowest BCUT2D eigenvalue weighted by molar-refractivity contribution is 0.347. The zero-order chi connectivity index (χ0) is 15.6. The maximum Gasteiger partial charge on any atom is 0.233 e. The van der Waals surface area contributed by atoms with Crippen LogP contribution in [0, 0.1) is 0 Å². The summed E-state index contributed by atoms with van der Waals surface area (Å²) in [5.74, 6) is 1.19. The molecule has 0 saturated carbocycles. The van der Waals surface area contributed by atoms with Gasteiger partial charge in [0.25, 0.3) is 0 Å². The maximum atomic E-state index is 6.21. The number of hydrazine groups is 1. The van der Waals surface area contributed by atoms with Crippen molar-refractivity contribution >= 4 is 11.6 Å². The van der Waals surface area contributed by atoms with Crippen LogP contribution in [0.2, 0.25) is 5.02 Å². The third kappa shape index (κ3) is 2.74. The molecule has 1 fully saturated rings. The van der Waals surface area contributed by atoms with E-state index in [1.165, 1.54) is 5.56 Å². The number of rotatable bonds is 3. The summed E-state index contributed by atoms with van der Waals surface area (Å²) in [6.07, 6.45) is 0. The fraction of sp³-hybridized carbons (Fsp3) is 0.176. The normalized spacial score (nSPS) is 20.7. The number of nitrogens with one attached hydrogen (secondary N) is 2. The molecule has 6 heteroatoms. The van der Waals surface area contributed by atoms with Crippen molar-refractivity contribution in [3.05, 3.63) is 71.1 Å². The number of nitrogens with zero attached hydrogens (tertiary/aromatic N) is 2. The van der Waals surface area contributed by atoms with E-state index < -0.39 is 0 Å². The Morgan fingerprint density at radius 1 is 1.04 bits per heavy atom. The van der Waals surface area contributed by atoms with Crippen molar-refractivity contribution in [2.45, 2.75) is 12.0 Å². The average molecular weight is 327 g/mol. The van der Waals surface area contributed by atoms with Crippen LogP contribution in [-0.4, -0.2) is 16.7 Å². The van der Waals surface area contributed by atoms with Crippen molar-refractivity contribution in [1.82, 2.24) is 21.0 Å². The van der Waals surface area contributed by atoms with Crippen LogP contribution in [0.4, 0.5) is 0 Å². The molecule has 3 aromatic rings. The smallest absolute Gasteiger partial charge is 0.233 e. The Kier molecular flexibility index (Phi) is 3.83. The van der Waals surface area contributed by atoms with E-state index in [-0.39, 0.29) is 12.0 Å². The molecule has 1 aromatic heterocycles. The van der Waals surface area contributed by atoms with Crippen LogP contribution < -0.4 is 10.9 Å². The third-order valence-electron chi connectivity index (χ3n) is 4.01. The van der Waals surface area contributed by atoms with Crippen LogP contribution in [0.5, 0.6) is 0 Å². The molecule has 2 N–H and O–H groups in total. The van der Waals surface area contributed by atoms with Gasteiger partial charge in [-0.1, -0.05) is 59.2 Å². The highest BCUT2D eigenvalue weighted by molar-refractivity contribution is 6.33. The molecule has 1 saturated heterocycles. The van der Waals surface area contributed by atoms with Gasteiger partial charge < -0.3 is 4.52 Å². The van der Waals surface area contributed by atoms with E-state index in [2.05, 4.69) is 33.1 Å². The lowest BCUT2D eigenvalue weighted by Gasteiger charge is -2.15. The lowest BCUT2D eigenvalue weighted by atomic mass is 9.95. The van der Waals surface area contributed by atoms with E-state index >= 15 is 0 Å². The molecule has 1 aliphatic rings. The SMILES string of the molecule is Clc1ccccc1-c1noc(C2CNNC2c2ccccc2)n1. The van der Waals surface area contributed by atoms with Crippen LogP contribution in [0.15, 0.2) is 59.1 Å². The molecule has 23 heavy (non-hydrogen) atoms. The third-order valence-corrected chi connectivity index (χ3v) is 4.34. The van der Waals surface area contributed by atoms with Crippen molar-refractivity contribution in [3.8, 4) is 11.4 Å². The van der Waals surface area contributed by atoms with Crippen molar-refractivity contribution in [2.75, 3.05) is 6.54 Å². The molecule has 0 bridgehead atoms. The van der Waals surface area contributed by atoms with Crippen LogP contribution in [0.3, 0.4) is 0 Å². The first kappa shape index (κ1) is 14.4. The van der Waals surface area contributed by atoms with Crippen LogP contribution in [0.1, 0.15) is 23.4 Å². The number of aromatic nitrogens is 2. The van der Waals surface area contributed by atoms with Gasteiger partial charge in [0.05, 0.1) is 17.0 Å². The standard InChI is InChI=1S/C17H15ClN4O/c18-14-9-5-4-8-12(14)16-20-17(23-22-16)13-10-19-21-15(13)11-6-2-1-3-7-11/h1-9,13,15,19,21H,10H2. The molecular weight excluding hydrogens is 312 g/mol.